The van der Waals surface area contributed by atoms with Gasteiger partial charge in [-0.3, -0.25) is 0 Å². The van der Waals surface area contributed by atoms with Gasteiger partial charge < -0.3 is 24.8 Å². The van der Waals surface area contributed by atoms with Gasteiger partial charge >= 0.3 is 5.97 Å². The molecule has 2 aromatic rings. The molecule has 0 saturated carbocycles. The molecule has 3 atom stereocenters. The third-order valence-corrected chi connectivity index (χ3v) is 4.70. The van der Waals surface area contributed by atoms with E-state index in [1.807, 2.05) is 42.5 Å². The number of methoxy groups -OCH3 is 1. The fourth-order valence-electron chi connectivity index (χ4n) is 3.47. The normalized spacial score (nSPS) is 28.0. The number of nitrogen functional groups attached to an aromatic ring is 1. The molecule has 2 heterocycles. The minimum atomic E-state index is -1.02. The van der Waals surface area contributed by atoms with Crippen LogP contribution in [0.25, 0.3) is 0 Å². The highest BCUT2D eigenvalue weighted by Gasteiger charge is 2.56. The third-order valence-electron chi connectivity index (χ3n) is 4.70. The van der Waals surface area contributed by atoms with Gasteiger partial charge in [-0.1, -0.05) is 30.3 Å². The summed E-state index contributed by atoms with van der Waals surface area (Å²) in [6, 6.07) is 17.4. The molecule has 2 aromatic carbocycles. The van der Waals surface area contributed by atoms with Gasteiger partial charge in [-0.05, 0) is 24.3 Å². The molecule has 130 valence electrons. The van der Waals surface area contributed by atoms with Crippen molar-refractivity contribution in [2.24, 2.45) is 0 Å². The zero-order valence-corrected chi connectivity index (χ0v) is 13.9. The number of morpholine rings is 1. The maximum Gasteiger partial charge on any atom is 0.337 e. The largest absolute Gasteiger partial charge is 0.467 e. The summed E-state index contributed by atoms with van der Waals surface area (Å²) in [5, 5.41) is 0. The first kappa shape index (κ1) is 15.9. The first-order chi connectivity index (χ1) is 12.1. The number of hydrogen-bond acceptors (Lipinski definition) is 6. The Hall–Kier alpha value is -2.57. The third kappa shape index (κ3) is 2.73. The molecule has 6 nitrogen and oxygen atoms in total. The summed E-state index contributed by atoms with van der Waals surface area (Å²) in [6.45, 7) is 1.03. The molecule has 6 heteroatoms. The van der Waals surface area contributed by atoms with Gasteiger partial charge in [-0.25, -0.2) is 4.79 Å². The predicted octanol–water partition coefficient (Wildman–Crippen LogP) is 1.90. The maximum atomic E-state index is 12.2. The van der Waals surface area contributed by atoms with Crippen molar-refractivity contribution < 1.29 is 19.0 Å². The van der Waals surface area contributed by atoms with Crippen molar-refractivity contribution in [3.8, 4) is 0 Å². The molecule has 2 bridgehead atoms. The molecular formula is C19H20N2O4. The van der Waals surface area contributed by atoms with Gasteiger partial charge in [0.15, 0.2) is 6.10 Å². The highest BCUT2D eigenvalue weighted by atomic mass is 16.8. The molecule has 0 spiro atoms. The van der Waals surface area contributed by atoms with Gasteiger partial charge in [0.1, 0.15) is 6.10 Å². The molecule has 2 saturated heterocycles. The van der Waals surface area contributed by atoms with Crippen LogP contribution in [0.1, 0.15) is 5.56 Å². The molecule has 0 aliphatic carbocycles. The molecule has 2 fully saturated rings. The monoisotopic (exact) mass is 340 g/mol. The molecular weight excluding hydrogens is 320 g/mol. The quantitative estimate of drug-likeness (QED) is 0.679. The fourth-order valence-corrected chi connectivity index (χ4v) is 3.47. The summed E-state index contributed by atoms with van der Waals surface area (Å²) >= 11 is 0. The lowest BCUT2D eigenvalue weighted by Crippen LogP contribution is -2.50. The Balaban J connectivity index is 1.73. The summed E-state index contributed by atoms with van der Waals surface area (Å²) < 4.78 is 17.2. The van der Waals surface area contributed by atoms with E-state index in [0.717, 1.165) is 11.3 Å². The van der Waals surface area contributed by atoms with Crippen molar-refractivity contribution in [1.29, 1.82) is 0 Å². The van der Waals surface area contributed by atoms with Crippen LogP contribution in [0.3, 0.4) is 0 Å². The number of nitrogens with two attached hydrogens (primary N) is 1. The first-order valence-corrected chi connectivity index (χ1v) is 8.21. The van der Waals surface area contributed by atoms with E-state index in [1.54, 1.807) is 12.1 Å². The molecule has 2 N–H and O–H groups in total. The zero-order chi connectivity index (χ0) is 17.4. The standard InChI is InChI=1S/C19H20N2O4/c1-23-18(22)17-16-11-21(15-5-3-2-4-6-15)12-19(24-16,25-17)13-7-9-14(20)10-8-13/h2-10,16-17H,11-12,20H2,1H3/t16-,17+,19+/m1/s1. The minimum absolute atomic E-state index is 0.404. The topological polar surface area (TPSA) is 74.0 Å². The van der Waals surface area contributed by atoms with E-state index in [0.29, 0.717) is 18.8 Å². The second-order valence-electron chi connectivity index (χ2n) is 6.31. The van der Waals surface area contributed by atoms with Gasteiger partial charge in [0.2, 0.25) is 5.79 Å². The number of hydrogen-bond donors (Lipinski definition) is 1. The number of fused-ring (bicyclic) bond motifs is 2. The molecule has 0 radical (unpaired) electrons. The van der Waals surface area contributed by atoms with E-state index in [1.165, 1.54) is 7.11 Å². The average molecular weight is 340 g/mol. The van der Waals surface area contributed by atoms with Gasteiger partial charge in [0.25, 0.3) is 0 Å². The van der Waals surface area contributed by atoms with E-state index in [9.17, 15) is 4.79 Å². The number of nitrogens with zero attached hydrogens (tertiary/aromatic N) is 1. The van der Waals surface area contributed by atoms with Crippen LogP contribution in [-0.2, 0) is 24.8 Å². The van der Waals surface area contributed by atoms with Crippen molar-refractivity contribution >= 4 is 17.3 Å². The number of para-hydroxylation sites is 1. The van der Waals surface area contributed by atoms with Crippen molar-refractivity contribution in [3.05, 3.63) is 60.2 Å². The van der Waals surface area contributed by atoms with Crippen LogP contribution in [0.2, 0.25) is 0 Å². The Morgan fingerprint density at radius 2 is 1.88 bits per heavy atom. The summed E-state index contributed by atoms with van der Waals surface area (Å²) in [7, 11) is 1.36. The van der Waals surface area contributed by atoms with Crippen LogP contribution in [0.5, 0.6) is 0 Å². The Morgan fingerprint density at radius 3 is 2.56 bits per heavy atom. The number of rotatable bonds is 3. The number of anilines is 2. The lowest BCUT2D eigenvalue weighted by molar-refractivity contribution is -0.191. The predicted molar refractivity (Wildman–Crippen MR) is 92.9 cm³/mol. The Morgan fingerprint density at radius 1 is 1.16 bits per heavy atom. The van der Waals surface area contributed by atoms with Gasteiger partial charge in [0, 0.05) is 23.5 Å². The van der Waals surface area contributed by atoms with Crippen LogP contribution in [-0.4, -0.2) is 38.4 Å². The second-order valence-corrected chi connectivity index (χ2v) is 6.31. The van der Waals surface area contributed by atoms with Gasteiger partial charge in [0.05, 0.1) is 13.7 Å². The lowest BCUT2D eigenvalue weighted by Gasteiger charge is -2.39. The lowest BCUT2D eigenvalue weighted by atomic mass is 10.0. The van der Waals surface area contributed by atoms with E-state index < -0.39 is 24.0 Å². The van der Waals surface area contributed by atoms with E-state index in [4.69, 9.17) is 19.9 Å². The van der Waals surface area contributed by atoms with E-state index in [2.05, 4.69) is 4.90 Å². The number of carbonyl (C=O) groups is 1. The minimum Gasteiger partial charge on any atom is -0.467 e. The molecule has 0 amide bonds. The van der Waals surface area contributed by atoms with Crippen LogP contribution < -0.4 is 10.6 Å². The number of benzene rings is 2. The number of carbonyl (C=O) groups excluding carboxylic acids is 1. The Bertz CT molecular complexity index is 765. The average Bonchev–Trinajstić information content (AvgIpc) is 2.93. The smallest absolute Gasteiger partial charge is 0.337 e. The maximum absolute atomic E-state index is 12.2. The SMILES string of the molecule is COC(=O)[C@H]1O[C@]2(c3ccc(N)cc3)CN(c3ccccc3)C[C@H]1O2. The number of ether oxygens (including phenoxy) is 3. The summed E-state index contributed by atoms with van der Waals surface area (Å²) in [4.78, 5) is 14.3. The Kier molecular flexibility index (Phi) is 3.86. The van der Waals surface area contributed by atoms with E-state index >= 15 is 0 Å². The van der Waals surface area contributed by atoms with Gasteiger partial charge in [-0.2, -0.15) is 0 Å². The van der Waals surface area contributed by atoms with Crippen LogP contribution >= 0.6 is 0 Å². The van der Waals surface area contributed by atoms with Crippen molar-refractivity contribution in [2.75, 3.05) is 30.8 Å². The summed E-state index contributed by atoms with van der Waals surface area (Å²) in [5.74, 6) is -1.44. The van der Waals surface area contributed by atoms with Crippen LogP contribution in [0.4, 0.5) is 11.4 Å². The number of esters is 1. The molecule has 25 heavy (non-hydrogen) atoms. The Labute approximate surface area is 146 Å². The van der Waals surface area contributed by atoms with Crippen LogP contribution in [0.15, 0.2) is 54.6 Å². The highest BCUT2D eigenvalue weighted by Crippen LogP contribution is 2.43. The summed E-state index contributed by atoms with van der Waals surface area (Å²) in [6.07, 6.45) is -1.16. The second kappa shape index (κ2) is 6.06. The fraction of sp³-hybridized carbons (Fsp3) is 0.316. The van der Waals surface area contributed by atoms with Gasteiger partial charge in [-0.15, -0.1) is 0 Å². The molecule has 0 aromatic heterocycles. The first-order valence-electron chi connectivity index (χ1n) is 8.21. The van der Waals surface area contributed by atoms with Crippen molar-refractivity contribution in [3.63, 3.8) is 0 Å². The van der Waals surface area contributed by atoms with Crippen molar-refractivity contribution in [2.45, 2.75) is 18.0 Å². The molecule has 4 rings (SSSR count). The molecule has 0 unspecified atom stereocenters. The van der Waals surface area contributed by atoms with Crippen molar-refractivity contribution in [1.82, 2.24) is 0 Å². The molecule has 2 aliphatic heterocycles. The highest BCUT2D eigenvalue weighted by molar-refractivity contribution is 5.76. The van der Waals surface area contributed by atoms with E-state index in [-0.39, 0.29) is 0 Å². The zero-order valence-electron chi connectivity index (χ0n) is 13.9. The summed E-state index contributed by atoms with van der Waals surface area (Å²) in [5.41, 5.74) is 8.35. The molecule has 2 aliphatic rings. The van der Waals surface area contributed by atoms with Crippen LogP contribution in [0, 0.1) is 0 Å².